The monoisotopic (exact) mass is 666 g/mol. The Kier molecular flexibility index (Phi) is 7.08. The summed E-state index contributed by atoms with van der Waals surface area (Å²) in [5.41, 5.74) is 11.8. The summed E-state index contributed by atoms with van der Waals surface area (Å²) in [6.07, 6.45) is 0. The van der Waals surface area contributed by atoms with Gasteiger partial charge in [0.15, 0.2) is 0 Å². The summed E-state index contributed by atoms with van der Waals surface area (Å²) in [5, 5.41) is 26.9. The molecule has 2 nitrogen and oxygen atoms in total. The molecule has 9 rings (SSSR count). The molecule has 0 unspecified atom stereocenters. The molecule has 8 aromatic rings. The van der Waals surface area contributed by atoms with Gasteiger partial charge in [0.05, 0.1) is 5.41 Å². The highest BCUT2D eigenvalue weighted by atomic mass is 32.1. The lowest BCUT2D eigenvalue weighted by atomic mass is 9.66. The van der Waals surface area contributed by atoms with Gasteiger partial charge in [-0.05, 0) is 115 Å². The van der Waals surface area contributed by atoms with E-state index >= 15 is 0 Å². The number of aromatic hydroxyl groups is 2. The second-order valence-electron chi connectivity index (χ2n) is 12.4. The zero-order chi connectivity index (χ0) is 33.0. The Labute approximate surface area is 293 Å². The van der Waals surface area contributed by atoms with E-state index in [1.54, 1.807) is 22.7 Å². The van der Waals surface area contributed by atoms with Crippen LogP contribution in [-0.4, -0.2) is 10.2 Å². The molecular formula is C45H30O2S2. The molecule has 0 aliphatic heterocycles. The first kappa shape index (κ1) is 29.5. The highest BCUT2D eigenvalue weighted by molar-refractivity contribution is 7.13. The first-order valence-electron chi connectivity index (χ1n) is 16.3. The number of benzene rings is 6. The standard InChI is InChI=1S/C45H30O2S2/c46-41-21-17-33(27-37(41)29-9-3-1-4-10-29)45(34-18-22-42(47)38(28-34)30-11-5-2-6-12-30)39-25-31(43-13-7-23-48-43)15-19-35(39)36-20-16-32(26-40(36)45)44-14-8-24-49-44/h1-28,46-47H. The molecule has 2 heterocycles. The zero-order valence-corrected chi connectivity index (χ0v) is 28.0. The van der Waals surface area contributed by atoms with Crippen molar-refractivity contribution in [3.05, 3.63) is 191 Å². The summed E-state index contributed by atoms with van der Waals surface area (Å²) in [6, 6.07) is 54.6. The quantitative estimate of drug-likeness (QED) is 0.185. The fourth-order valence-electron chi connectivity index (χ4n) is 7.54. The maximum atomic E-state index is 11.3. The van der Waals surface area contributed by atoms with Gasteiger partial charge in [-0.3, -0.25) is 0 Å². The van der Waals surface area contributed by atoms with Gasteiger partial charge in [-0.25, -0.2) is 0 Å². The Morgan fingerprint density at radius 1 is 0.367 bits per heavy atom. The van der Waals surface area contributed by atoms with Gasteiger partial charge in [0.2, 0.25) is 0 Å². The highest BCUT2D eigenvalue weighted by Gasteiger charge is 2.47. The van der Waals surface area contributed by atoms with Crippen molar-refractivity contribution < 1.29 is 10.2 Å². The molecule has 0 radical (unpaired) electrons. The van der Waals surface area contributed by atoms with Crippen LogP contribution in [0.5, 0.6) is 11.5 Å². The van der Waals surface area contributed by atoms with Crippen LogP contribution in [-0.2, 0) is 5.41 Å². The molecule has 49 heavy (non-hydrogen) atoms. The highest BCUT2D eigenvalue weighted by Crippen LogP contribution is 2.59. The van der Waals surface area contributed by atoms with E-state index in [-0.39, 0.29) is 11.5 Å². The number of hydrogen-bond acceptors (Lipinski definition) is 4. The minimum absolute atomic E-state index is 0.235. The molecule has 0 fully saturated rings. The van der Waals surface area contributed by atoms with Crippen molar-refractivity contribution in [1.82, 2.24) is 0 Å². The fourth-order valence-corrected chi connectivity index (χ4v) is 8.99. The van der Waals surface area contributed by atoms with Gasteiger partial charge >= 0.3 is 0 Å². The van der Waals surface area contributed by atoms with Crippen LogP contribution in [0.25, 0.3) is 54.3 Å². The van der Waals surface area contributed by atoms with Gasteiger partial charge in [-0.2, -0.15) is 0 Å². The van der Waals surface area contributed by atoms with E-state index in [0.717, 1.165) is 44.5 Å². The molecule has 0 amide bonds. The summed E-state index contributed by atoms with van der Waals surface area (Å²) in [7, 11) is 0. The molecule has 2 N–H and O–H groups in total. The summed E-state index contributed by atoms with van der Waals surface area (Å²) in [4.78, 5) is 2.41. The van der Waals surface area contributed by atoms with Crippen LogP contribution in [0.1, 0.15) is 22.3 Å². The second kappa shape index (κ2) is 11.8. The van der Waals surface area contributed by atoms with E-state index < -0.39 is 5.41 Å². The number of phenolic OH excluding ortho intramolecular Hbond substituents is 2. The summed E-state index contributed by atoms with van der Waals surface area (Å²) >= 11 is 3.47. The Hall–Kier alpha value is -5.68. The Bertz CT molecular complexity index is 2270. The average molecular weight is 667 g/mol. The zero-order valence-electron chi connectivity index (χ0n) is 26.4. The third-order valence-corrected chi connectivity index (χ3v) is 11.6. The molecule has 4 heteroatoms. The van der Waals surface area contributed by atoms with E-state index in [2.05, 4.69) is 95.7 Å². The van der Waals surface area contributed by atoms with Gasteiger partial charge in [0, 0.05) is 20.9 Å². The molecule has 6 aromatic carbocycles. The number of hydrogen-bond donors (Lipinski definition) is 2. The third kappa shape index (κ3) is 4.75. The molecule has 0 saturated heterocycles. The second-order valence-corrected chi connectivity index (χ2v) is 14.3. The van der Waals surface area contributed by atoms with Crippen molar-refractivity contribution in [2.75, 3.05) is 0 Å². The lowest BCUT2D eigenvalue weighted by Crippen LogP contribution is -2.29. The van der Waals surface area contributed by atoms with Crippen molar-refractivity contribution >= 4 is 22.7 Å². The Balaban J connectivity index is 1.42. The van der Waals surface area contributed by atoms with E-state index in [9.17, 15) is 10.2 Å². The number of rotatable bonds is 6. The lowest BCUT2D eigenvalue weighted by Gasteiger charge is -2.35. The van der Waals surface area contributed by atoms with Crippen LogP contribution in [0.15, 0.2) is 168 Å². The molecule has 0 spiro atoms. The van der Waals surface area contributed by atoms with E-state index in [1.807, 2.05) is 72.8 Å². The Morgan fingerprint density at radius 3 is 1.22 bits per heavy atom. The SMILES string of the molecule is Oc1ccc(C2(c3ccc(O)c(-c4ccccc4)c3)c3cc(-c4cccs4)ccc3-c3ccc(-c4cccs4)cc32)cc1-c1ccccc1. The predicted octanol–water partition coefficient (Wildman–Crippen LogP) is 12.3. The van der Waals surface area contributed by atoms with Crippen LogP contribution < -0.4 is 0 Å². The third-order valence-electron chi connectivity index (χ3n) is 9.78. The smallest absolute Gasteiger partial charge is 0.123 e. The Morgan fingerprint density at radius 2 is 0.816 bits per heavy atom. The molecule has 234 valence electrons. The minimum Gasteiger partial charge on any atom is -0.507 e. The summed E-state index contributed by atoms with van der Waals surface area (Å²) in [6.45, 7) is 0. The van der Waals surface area contributed by atoms with Crippen LogP contribution in [0, 0.1) is 0 Å². The van der Waals surface area contributed by atoms with Crippen molar-refractivity contribution in [3.8, 4) is 65.8 Å². The summed E-state index contributed by atoms with van der Waals surface area (Å²) in [5.74, 6) is 0.470. The van der Waals surface area contributed by atoms with Gasteiger partial charge in [0.1, 0.15) is 11.5 Å². The van der Waals surface area contributed by atoms with Crippen LogP contribution in [0.4, 0.5) is 0 Å². The van der Waals surface area contributed by atoms with E-state index in [0.29, 0.717) is 0 Å². The molecule has 0 atom stereocenters. The predicted molar refractivity (Wildman–Crippen MR) is 205 cm³/mol. The topological polar surface area (TPSA) is 40.5 Å². The molecule has 1 aliphatic rings. The molecule has 0 saturated carbocycles. The summed E-state index contributed by atoms with van der Waals surface area (Å²) < 4.78 is 0. The largest absolute Gasteiger partial charge is 0.507 e. The molecule has 1 aliphatic carbocycles. The first-order chi connectivity index (χ1) is 24.1. The van der Waals surface area contributed by atoms with E-state index in [1.165, 1.54) is 32.0 Å². The van der Waals surface area contributed by atoms with E-state index in [4.69, 9.17) is 0 Å². The van der Waals surface area contributed by atoms with Gasteiger partial charge in [-0.1, -0.05) is 109 Å². The normalized spacial score (nSPS) is 12.8. The number of thiophene rings is 2. The first-order valence-corrected chi connectivity index (χ1v) is 18.0. The number of fused-ring (bicyclic) bond motifs is 3. The van der Waals surface area contributed by atoms with Crippen molar-refractivity contribution in [3.63, 3.8) is 0 Å². The van der Waals surface area contributed by atoms with Crippen LogP contribution >= 0.6 is 22.7 Å². The van der Waals surface area contributed by atoms with Gasteiger partial charge in [0.25, 0.3) is 0 Å². The van der Waals surface area contributed by atoms with Crippen molar-refractivity contribution in [2.24, 2.45) is 0 Å². The molecular weight excluding hydrogens is 637 g/mol. The molecule has 0 bridgehead atoms. The van der Waals surface area contributed by atoms with Crippen LogP contribution in [0.3, 0.4) is 0 Å². The molecule has 2 aromatic heterocycles. The minimum atomic E-state index is -0.778. The van der Waals surface area contributed by atoms with Crippen molar-refractivity contribution in [1.29, 1.82) is 0 Å². The maximum absolute atomic E-state index is 11.3. The van der Waals surface area contributed by atoms with Gasteiger partial charge in [-0.15, -0.1) is 22.7 Å². The fraction of sp³-hybridized carbons (Fsp3) is 0.0222. The lowest BCUT2D eigenvalue weighted by molar-refractivity contribution is 0.477. The van der Waals surface area contributed by atoms with Crippen molar-refractivity contribution in [2.45, 2.75) is 5.41 Å². The average Bonchev–Trinajstić information content (AvgIpc) is 3.94. The maximum Gasteiger partial charge on any atom is 0.123 e. The number of phenols is 2. The van der Waals surface area contributed by atoms with Gasteiger partial charge < -0.3 is 10.2 Å². The van der Waals surface area contributed by atoms with Crippen LogP contribution in [0.2, 0.25) is 0 Å².